The molecule has 0 aliphatic heterocycles. The van der Waals surface area contributed by atoms with Gasteiger partial charge in [0.05, 0.1) is 36.0 Å². The van der Waals surface area contributed by atoms with E-state index in [0.29, 0.717) is 16.7 Å². The summed E-state index contributed by atoms with van der Waals surface area (Å²) in [5.41, 5.74) is 1.98. The van der Waals surface area contributed by atoms with Crippen molar-refractivity contribution in [3.05, 3.63) is 58.9 Å². The Labute approximate surface area is 178 Å². The monoisotopic (exact) mass is 501 g/mol. The lowest BCUT2D eigenvalue weighted by Crippen LogP contribution is -2.27. The lowest BCUT2D eigenvalue weighted by molar-refractivity contribution is 0.380. The van der Waals surface area contributed by atoms with Crippen molar-refractivity contribution in [3.63, 3.8) is 0 Å². The molecule has 0 heterocycles. The molecule has 0 amide bonds. The number of hydrogen-bond donors (Lipinski definition) is 2. The highest BCUT2D eigenvalue weighted by atomic mass is 127. The molecule has 0 bridgehead atoms. The van der Waals surface area contributed by atoms with E-state index in [0.717, 1.165) is 42.9 Å². The zero-order valence-electron chi connectivity index (χ0n) is 15.0. The summed E-state index contributed by atoms with van der Waals surface area (Å²) in [6.07, 6.45) is 3.94. The van der Waals surface area contributed by atoms with Crippen molar-refractivity contribution in [2.75, 3.05) is 12.4 Å². The number of guanidine groups is 1. The van der Waals surface area contributed by atoms with Gasteiger partial charge in [-0.15, -0.1) is 0 Å². The molecule has 144 valence electrons. The fraction of sp³-hybridized carbons (Fsp3) is 0.350. The summed E-state index contributed by atoms with van der Waals surface area (Å²) in [6.45, 7) is 0. The van der Waals surface area contributed by atoms with Crippen LogP contribution in [0.3, 0.4) is 0 Å². The van der Waals surface area contributed by atoms with Crippen molar-refractivity contribution < 1.29 is 9.13 Å². The van der Waals surface area contributed by atoms with Crippen molar-refractivity contribution >= 4 is 46.1 Å². The lowest BCUT2D eigenvalue weighted by Gasteiger charge is -2.27. The van der Waals surface area contributed by atoms with Gasteiger partial charge in [0.1, 0.15) is 0 Å². The lowest BCUT2D eigenvalue weighted by atomic mass is 9.82. The van der Waals surface area contributed by atoms with E-state index < -0.39 is 0 Å². The van der Waals surface area contributed by atoms with Gasteiger partial charge in [-0.05, 0) is 73.6 Å². The van der Waals surface area contributed by atoms with Crippen molar-refractivity contribution in [1.82, 2.24) is 3.53 Å². The SMILES string of the molecule is COc1ccc(C2CCC(N=C(NI)Nc3ccc(Cl)cc3)CC2)cc1F. The Kier molecular flexibility index (Phi) is 7.18. The molecule has 0 spiro atoms. The Morgan fingerprint density at radius 3 is 2.44 bits per heavy atom. The predicted molar refractivity (Wildman–Crippen MR) is 118 cm³/mol. The predicted octanol–water partition coefficient (Wildman–Crippen LogP) is 5.92. The largest absolute Gasteiger partial charge is 0.494 e. The Bertz CT molecular complexity index is 792. The molecule has 3 rings (SSSR count). The molecular formula is C20H22ClFIN3O. The first-order chi connectivity index (χ1) is 13.1. The summed E-state index contributed by atoms with van der Waals surface area (Å²) in [7, 11) is 1.48. The van der Waals surface area contributed by atoms with Crippen molar-refractivity contribution in [1.29, 1.82) is 0 Å². The normalized spacial score (nSPS) is 20.2. The molecule has 27 heavy (non-hydrogen) atoms. The molecule has 1 aliphatic rings. The third-order valence-electron chi connectivity index (χ3n) is 4.85. The summed E-state index contributed by atoms with van der Waals surface area (Å²) >= 11 is 8.00. The number of rotatable bonds is 4. The third-order valence-corrected chi connectivity index (χ3v) is 5.61. The molecule has 2 N–H and O–H groups in total. The number of ether oxygens (including phenoxy) is 1. The summed E-state index contributed by atoms with van der Waals surface area (Å²) < 4.78 is 22.0. The summed E-state index contributed by atoms with van der Waals surface area (Å²) in [5.74, 6) is 1.11. The zero-order chi connectivity index (χ0) is 19.2. The van der Waals surface area contributed by atoms with E-state index in [-0.39, 0.29) is 11.9 Å². The number of benzene rings is 2. The van der Waals surface area contributed by atoms with Crippen LogP contribution < -0.4 is 13.6 Å². The second-order valence-electron chi connectivity index (χ2n) is 6.60. The minimum absolute atomic E-state index is 0.251. The van der Waals surface area contributed by atoms with Crippen molar-refractivity contribution in [2.45, 2.75) is 37.6 Å². The van der Waals surface area contributed by atoms with E-state index in [4.69, 9.17) is 21.3 Å². The number of methoxy groups -OCH3 is 1. The van der Waals surface area contributed by atoms with Crippen molar-refractivity contribution in [2.24, 2.45) is 4.99 Å². The number of nitrogens with one attached hydrogen (secondary N) is 2. The number of nitrogens with zero attached hydrogens (tertiary/aromatic N) is 1. The molecule has 0 aromatic heterocycles. The van der Waals surface area contributed by atoms with Crippen LogP contribution in [0.1, 0.15) is 37.2 Å². The maximum Gasteiger partial charge on any atom is 0.204 e. The molecule has 2 aromatic rings. The van der Waals surface area contributed by atoms with Crippen LogP contribution >= 0.6 is 34.5 Å². The van der Waals surface area contributed by atoms with Crippen LogP contribution in [0, 0.1) is 5.82 Å². The van der Waals surface area contributed by atoms with Crippen LogP contribution in [0.2, 0.25) is 5.02 Å². The van der Waals surface area contributed by atoms with Crippen LogP contribution in [0.4, 0.5) is 10.1 Å². The number of anilines is 1. The van der Waals surface area contributed by atoms with Gasteiger partial charge < -0.3 is 10.1 Å². The molecule has 1 aliphatic carbocycles. The van der Waals surface area contributed by atoms with Crippen LogP contribution in [0.25, 0.3) is 0 Å². The van der Waals surface area contributed by atoms with Crippen LogP contribution in [-0.2, 0) is 0 Å². The van der Waals surface area contributed by atoms with E-state index >= 15 is 0 Å². The van der Waals surface area contributed by atoms with Gasteiger partial charge in [0.2, 0.25) is 5.96 Å². The summed E-state index contributed by atoms with van der Waals surface area (Å²) in [6, 6.07) is 13.1. The second kappa shape index (κ2) is 9.59. The highest BCUT2D eigenvalue weighted by Crippen LogP contribution is 2.35. The second-order valence-corrected chi connectivity index (χ2v) is 7.58. The third kappa shape index (κ3) is 5.48. The van der Waals surface area contributed by atoms with Crippen LogP contribution in [-0.4, -0.2) is 19.1 Å². The van der Waals surface area contributed by atoms with E-state index in [1.54, 1.807) is 12.1 Å². The summed E-state index contributed by atoms with van der Waals surface area (Å²) in [5, 5.41) is 3.98. The molecule has 4 nitrogen and oxygen atoms in total. The van der Waals surface area contributed by atoms with Crippen LogP contribution in [0.5, 0.6) is 5.75 Å². The van der Waals surface area contributed by atoms with E-state index in [1.165, 1.54) is 7.11 Å². The standard InChI is InChI=1S/C20H22ClFIN3O/c1-27-19-11-4-14(12-18(19)22)13-2-7-16(8-3-13)24-20(26-23)25-17-9-5-15(21)6-10-17/h4-6,9-13,16H,2-3,7-8H2,1H3,(H2,24,25,26). The van der Waals surface area contributed by atoms with Gasteiger partial charge in [-0.2, -0.15) is 0 Å². The van der Waals surface area contributed by atoms with Crippen molar-refractivity contribution in [3.8, 4) is 5.75 Å². The first-order valence-corrected chi connectivity index (χ1v) is 10.3. The Balaban J connectivity index is 1.59. The quantitative estimate of drug-likeness (QED) is 0.237. The Morgan fingerprint density at radius 1 is 1.15 bits per heavy atom. The maximum absolute atomic E-state index is 14.0. The van der Waals surface area contributed by atoms with E-state index in [9.17, 15) is 4.39 Å². The maximum atomic E-state index is 14.0. The minimum Gasteiger partial charge on any atom is -0.494 e. The fourth-order valence-corrected chi connectivity index (χ4v) is 3.81. The average molecular weight is 502 g/mol. The van der Waals surface area contributed by atoms with Crippen LogP contribution in [0.15, 0.2) is 47.5 Å². The van der Waals surface area contributed by atoms with Gasteiger partial charge >= 0.3 is 0 Å². The highest BCUT2D eigenvalue weighted by molar-refractivity contribution is 14.1. The number of aliphatic imine (C=N–C) groups is 1. The number of halogens is 3. The van der Waals surface area contributed by atoms with Gasteiger partial charge in [0, 0.05) is 10.7 Å². The molecule has 2 aromatic carbocycles. The number of hydrogen-bond acceptors (Lipinski definition) is 2. The molecule has 0 unspecified atom stereocenters. The van der Waals surface area contributed by atoms with Gasteiger partial charge in [0.25, 0.3) is 0 Å². The first kappa shape index (κ1) is 20.2. The van der Waals surface area contributed by atoms with Gasteiger partial charge in [-0.25, -0.2) is 9.38 Å². The van der Waals surface area contributed by atoms with E-state index in [2.05, 4.69) is 31.7 Å². The van der Waals surface area contributed by atoms with Gasteiger partial charge in [0.15, 0.2) is 11.6 Å². The molecular weight excluding hydrogens is 480 g/mol. The van der Waals surface area contributed by atoms with Gasteiger partial charge in [-0.1, -0.05) is 17.7 Å². The topological polar surface area (TPSA) is 45.6 Å². The first-order valence-electron chi connectivity index (χ1n) is 8.89. The molecule has 0 atom stereocenters. The molecule has 1 saturated carbocycles. The Hall–Kier alpha value is -1.54. The average Bonchev–Trinajstić information content (AvgIpc) is 2.69. The summed E-state index contributed by atoms with van der Waals surface area (Å²) in [4.78, 5) is 4.80. The molecule has 0 saturated heterocycles. The minimum atomic E-state index is -0.293. The van der Waals surface area contributed by atoms with Gasteiger partial charge in [-0.3, -0.25) is 3.53 Å². The smallest absolute Gasteiger partial charge is 0.204 e. The molecule has 1 fully saturated rings. The van der Waals surface area contributed by atoms with E-state index in [1.807, 2.05) is 30.3 Å². The zero-order valence-corrected chi connectivity index (χ0v) is 17.9. The fourth-order valence-electron chi connectivity index (χ4n) is 3.41. The highest BCUT2D eigenvalue weighted by Gasteiger charge is 2.23. The Morgan fingerprint density at radius 2 is 1.85 bits per heavy atom. The molecule has 0 radical (unpaired) electrons. The molecule has 7 heteroatoms.